The molecule has 1 saturated heterocycles. The second-order valence-corrected chi connectivity index (χ2v) is 9.75. The van der Waals surface area contributed by atoms with Crippen LogP contribution in [0.15, 0.2) is 42.5 Å². The zero-order chi connectivity index (χ0) is 31.8. The fourth-order valence-electron chi connectivity index (χ4n) is 4.32. The number of carbonyl (C=O) groups is 6. The fraction of sp³-hybridized carbons (Fsp3) is 0.400. The number of Topliss-reactive ketones (excluding diaryl/α,β-unsaturated/α-hetero) is 2. The monoisotopic (exact) mass is 600 g/mol. The van der Waals surface area contributed by atoms with Crippen LogP contribution in [0.5, 0.6) is 11.5 Å². The van der Waals surface area contributed by atoms with Gasteiger partial charge in [0.05, 0.1) is 12.0 Å². The molecule has 230 valence electrons. The summed E-state index contributed by atoms with van der Waals surface area (Å²) in [6, 6.07) is 10.3. The van der Waals surface area contributed by atoms with E-state index in [9.17, 15) is 33.9 Å². The molecule has 43 heavy (non-hydrogen) atoms. The van der Waals surface area contributed by atoms with Gasteiger partial charge in [-0.3, -0.25) is 28.8 Å². The van der Waals surface area contributed by atoms with Gasteiger partial charge in [-0.1, -0.05) is 29.8 Å². The Morgan fingerprint density at radius 2 is 1.33 bits per heavy atom. The van der Waals surface area contributed by atoms with E-state index < -0.39 is 84.9 Å². The highest BCUT2D eigenvalue weighted by atomic mass is 16.7. The summed E-state index contributed by atoms with van der Waals surface area (Å²) < 4.78 is 32.7. The fourth-order valence-corrected chi connectivity index (χ4v) is 4.32. The van der Waals surface area contributed by atoms with Crippen molar-refractivity contribution in [2.45, 2.75) is 71.7 Å². The molecule has 2 aromatic carbocycles. The summed E-state index contributed by atoms with van der Waals surface area (Å²) in [5.41, 5.74) is 1.16. The van der Waals surface area contributed by atoms with Crippen molar-refractivity contribution in [3.8, 4) is 11.5 Å². The molecule has 0 radical (unpaired) electrons. The SMILES string of the molecule is CC(=O)OC[C@H]1O[C@@H](Oc2ccc(C(=O)CC(=O)c3ccc(C)cc3)c(O)c2)[C@H](OC(C)=O)[C@@H](OC(C)=O)[C@@H]1OC(C)=O. The third-order valence-electron chi connectivity index (χ3n) is 6.16. The molecule has 1 fully saturated rings. The van der Waals surface area contributed by atoms with Crippen LogP contribution in [-0.2, 0) is 42.9 Å². The summed E-state index contributed by atoms with van der Waals surface area (Å²) >= 11 is 0. The van der Waals surface area contributed by atoms with Crippen LogP contribution in [0.3, 0.4) is 0 Å². The van der Waals surface area contributed by atoms with E-state index in [4.69, 9.17) is 28.4 Å². The lowest BCUT2D eigenvalue weighted by Crippen LogP contribution is -2.63. The van der Waals surface area contributed by atoms with Gasteiger partial charge in [-0.2, -0.15) is 0 Å². The largest absolute Gasteiger partial charge is 0.507 e. The molecule has 3 rings (SSSR count). The number of phenolic OH excluding ortho intramolecular Hbond substituents is 1. The van der Waals surface area contributed by atoms with Crippen LogP contribution in [0.1, 0.15) is 60.4 Å². The van der Waals surface area contributed by atoms with Gasteiger partial charge in [0.1, 0.15) is 24.2 Å². The van der Waals surface area contributed by atoms with Crippen molar-refractivity contribution in [2.75, 3.05) is 6.61 Å². The maximum absolute atomic E-state index is 12.8. The minimum absolute atomic E-state index is 0.0696. The molecule has 1 N–H and O–H groups in total. The maximum atomic E-state index is 12.8. The summed E-state index contributed by atoms with van der Waals surface area (Å²) in [5.74, 6) is -4.74. The average Bonchev–Trinajstić information content (AvgIpc) is 2.90. The summed E-state index contributed by atoms with van der Waals surface area (Å²) in [5, 5.41) is 10.6. The Morgan fingerprint density at radius 1 is 0.744 bits per heavy atom. The molecule has 0 unspecified atom stereocenters. The predicted molar refractivity (Wildman–Crippen MR) is 145 cm³/mol. The molecule has 5 atom stereocenters. The number of esters is 4. The average molecular weight is 601 g/mol. The van der Waals surface area contributed by atoms with Gasteiger partial charge in [0, 0.05) is 39.3 Å². The van der Waals surface area contributed by atoms with Crippen molar-refractivity contribution in [2.24, 2.45) is 0 Å². The van der Waals surface area contributed by atoms with E-state index in [1.54, 1.807) is 24.3 Å². The van der Waals surface area contributed by atoms with Crippen LogP contribution in [0.25, 0.3) is 0 Å². The predicted octanol–water partition coefficient (Wildman–Crippen LogP) is 2.62. The molecular formula is C30H32O13. The highest BCUT2D eigenvalue weighted by Crippen LogP contribution is 2.33. The van der Waals surface area contributed by atoms with Crippen molar-refractivity contribution < 1.29 is 62.3 Å². The number of rotatable bonds is 11. The molecule has 1 aliphatic heterocycles. The normalized spacial score (nSPS) is 21.2. The molecule has 13 heteroatoms. The second kappa shape index (κ2) is 14.4. The van der Waals surface area contributed by atoms with Crippen LogP contribution >= 0.6 is 0 Å². The van der Waals surface area contributed by atoms with Gasteiger partial charge in [-0.05, 0) is 19.1 Å². The molecule has 2 aromatic rings. The molecule has 1 heterocycles. The van der Waals surface area contributed by atoms with Crippen molar-refractivity contribution in [1.82, 2.24) is 0 Å². The number of hydrogen-bond acceptors (Lipinski definition) is 13. The highest BCUT2D eigenvalue weighted by molar-refractivity contribution is 6.14. The maximum Gasteiger partial charge on any atom is 0.303 e. The molecular weight excluding hydrogens is 568 g/mol. The Balaban J connectivity index is 1.88. The number of aryl methyl sites for hydroxylation is 1. The Kier molecular flexibility index (Phi) is 11.0. The number of aromatic hydroxyl groups is 1. The lowest BCUT2D eigenvalue weighted by Gasteiger charge is -2.43. The minimum Gasteiger partial charge on any atom is -0.507 e. The molecule has 0 amide bonds. The van der Waals surface area contributed by atoms with E-state index in [0.717, 1.165) is 39.3 Å². The Bertz CT molecular complexity index is 1380. The van der Waals surface area contributed by atoms with Crippen LogP contribution in [-0.4, -0.2) is 77.9 Å². The molecule has 0 spiro atoms. The second-order valence-electron chi connectivity index (χ2n) is 9.75. The van der Waals surface area contributed by atoms with Gasteiger partial charge in [0.15, 0.2) is 23.8 Å². The molecule has 13 nitrogen and oxygen atoms in total. The molecule has 1 aliphatic rings. The van der Waals surface area contributed by atoms with Crippen molar-refractivity contribution >= 4 is 35.4 Å². The first-order valence-corrected chi connectivity index (χ1v) is 13.2. The quantitative estimate of drug-likeness (QED) is 0.172. The standard InChI is InChI=1S/C30H32O13/c1-15-6-8-20(9-7-15)23(35)13-25(37)22-11-10-21(12-24(22)36)42-30-29(41-19(5)34)28(40-18(4)33)27(39-17(3)32)26(43-30)14-38-16(2)31/h6-12,26-30,36H,13-14H2,1-5H3/t26-,27-,28+,29-,30-/m1/s1. The topological polar surface area (TPSA) is 178 Å². The first kappa shape index (κ1) is 32.7. The summed E-state index contributed by atoms with van der Waals surface area (Å²) in [4.78, 5) is 72.7. The zero-order valence-corrected chi connectivity index (χ0v) is 24.2. The van der Waals surface area contributed by atoms with Gasteiger partial charge in [0.25, 0.3) is 0 Å². The van der Waals surface area contributed by atoms with Crippen LogP contribution in [0, 0.1) is 6.92 Å². The smallest absolute Gasteiger partial charge is 0.303 e. The zero-order valence-electron chi connectivity index (χ0n) is 24.2. The number of ketones is 2. The number of carbonyl (C=O) groups excluding carboxylic acids is 6. The van der Waals surface area contributed by atoms with E-state index >= 15 is 0 Å². The van der Waals surface area contributed by atoms with Crippen LogP contribution in [0.2, 0.25) is 0 Å². The first-order valence-electron chi connectivity index (χ1n) is 13.2. The Morgan fingerprint density at radius 3 is 1.88 bits per heavy atom. The molecule has 0 bridgehead atoms. The molecule has 0 aromatic heterocycles. The summed E-state index contributed by atoms with van der Waals surface area (Å²) in [7, 11) is 0. The van der Waals surface area contributed by atoms with E-state index in [1.807, 2.05) is 6.92 Å². The Labute approximate surface area is 246 Å². The third kappa shape index (κ3) is 9.10. The lowest BCUT2D eigenvalue weighted by atomic mass is 9.98. The van der Waals surface area contributed by atoms with Gasteiger partial charge in [0.2, 0.25) is 12.4 Å². The van der Waals surface area contributed by atoms with E-state index in [0.29, 0.717) is 5.56 Å². The van der Waals surface area contributed by atoms with E-state index in [1.165, 1.54) is 12.1 Å². The van der Waals surface area contributed by atoms with E-state index in [-0.39, 0.29) is 11.3 Å². The van der Waals surface area contributed by atoms with Crippen molar-refractivity contribution in [3.63, 3.8) is 0 Å². The van der Waals surface area contributed by atoms with E-state index in [2.05, 4.69) is 0 Å². The molecule has 0 aliphatic carbocycles. The minimum atomic E-state index is -1.54. The summed E-state index contributed by atoms with van der Waals surface area (Å²) in [6.07, 6.45) is -7.58. The van der Waals surface area contributed by atoms with Gasteiger partial charge >= 0.3 is 23.9 Å². The number of benzene rings is 2. The van der Waals surface area contributed by atoms with Crippen LogP contribution < -0.4 is 4.74 Å². The number of phenols is 1. The highest BCUT2D eigenvalue weighted by Gasteiger charge is 2.53. The van der Waals surface area contributed by atoms with Crippen molar-refractivity contribution in [3.05, 3.63) is 59.2 Å². The third-order valence-corrected chi connectivity index (χ3v) is 6.16. The van der Waals surface area contributed by atoms with Gasteiger partial charge < -0.3 is 33.5 Å². The number of ether oxygens (including phenoxy) is 6. The van der Waals surface area contributed by atoms with Crippen molar-refractivity contribution in [1.29, 1.82) is 0 Å². The van der Waals surface area contributed by atoms with Gasteiger partial charge in [-0.15, -0.1) is 0 Å². The first-order chi connectivity index (χ1) is 20.2. The number of hydrogen-bond donors (Lipinski definition) is 1. The summed E-state index contributed by atoms with van der Waals surface area (Å²) in [6.45, 7) is 5.81. The molecule has 0 saturated carbocycles. The lowest BCUT2D eigenvalue weighted by molar-refractivity contribution is -0.288. The van der Waals surface area contributed by atoms with Crippen LogP contribution in [0.4, 0.5) is 0 Å². The Hall–Kier alpha value is -4.78. The van der Waals surface area contributed by atoms with Gasteiger partial charge in [-0.25, -0.2) is 0 Å².